The standard InChI is InChI=1S/C9H13N3O2/c1-2-9(8(11)14)4-3-6(5-12-9)7(10)13/h3-5,12H,2H2,1H3,(H2,10,13)(H2,11,14). The van der Waals surface area contributed by atoms with Crippen LogP contribution in [0.1, 0.15) is 13.3 Å². The van der Waals surface area contributed by atoms with Gasteiger partial charge in [-0.1, -0.05) is 6.92 Å². The molecule has 0 bridgehead atoms. The van der Waals surface area contributed by atoms with Crippen LogP contribution in [0.3, 0.4) is 0 Å². The van der Waals surface area contributed by atoms with E-state index in [1.165, 1.54) is 12.3 Å². The highest BCUT2D eigenvalue weighted by atomic mass is 16.2. The first kappa shape index (κ1) is 10.3. The second-order valence-corrected chi connectivity index (χ2v) is 3.13. The fourth-order valence-electron chi connectivity index (χ4n) is 1.24. The topological polar surface area (TPSA) is 98.2 Å². The Morgan fingerprint density at radius 1 is 1.50 bits per heavy atom. The van der Waals surface area contributed by atoms with Crippen LogP contribution in [0.25, 0.3) is 0 Å². The summed E-state index contributed by atoms with van der Waals surface area (Å²) in [5.41, 5.74) is 9.73. The maximum Gasteiger partial charge on any atom is 0.250 e. The summed E-state index contributed by atoms with van der Waals surface area (Å²) in [5, 5.41) is 2.79. The Morgan fingerprint density at radius 3 is 2.43 bits per heavy atom. The second-order valence-electron chi connectivity index (χ2n) is 3.13. The van der Waals surface area contributed by atoms with Crippen LogP contribution in [0.2, 0.25) is 0 Å². The summed E-state index contributed by atoms with van der Waals surface area (Å²) in [7, 11) is 0. The lowest BCUT2D eigenvalue weighted by molar-refractivity contribution is -0.122. The number of nitrogens with one attached hydrogen (secondary N) is 1. The summed E-state index contributed by atoms with van der Waals surface area (Å²) < 4.78 is 0. The molecule has 0 radical (unpaired) electrons. The van der Waals surface area contributed by atoms with Gasteiger partial charge in [-0.2, -0.15) is 0 Å². The first-order chi connectivity index (χ1) is 6.52. The molecule has 0 aliphatic carbocycles. The normalized spacial score (nSPS) is 25.1. The molecule has 0 saturated heterocycles. The highest BCUT2D eigenvalue weighted by Gasteiger charge is 2.32. The van der Waals surface area contributed by atoms with Crippen molar-refractivity contribution in [2.24, 2.45) is 11.5 Å². The zero-order valence-electron chi connectivity index (χ0n) is 7.91. The number of amides is 2. The molecule has 5 heteroatoms. The average Bonchev–Trinajstić information content (AvgIpc) is 2.17. The third kappa shape index (κ3) is 1.61. The minimum absolute atomic E-state index is 0.329. The van der Waals surface area contributed by atoms with Crippen molar-refractivity contribution in [3.05, 3.63) is 23.9 Å². The van der Waals surface area contributed by atoms with Crippen molar-refractivity contribution in [3.63, 3.8) is 0 Å². The molecular formula is C9H13N3O2. The lowest BCUT2D eigenvalue weighted by Crippen LogP contribution is -2.52. The van der Waals surface area contributed by atoms with Crippen molar-refractivity contribution in [2.45, 2.75) is 18.9 Å². The van der Waals surface area contributed by atoms with Crippen molar-refractivity contribution in [1.82, 2.24) is 5.32 Å². The van der Waals surface area contributed by atoms with E-state index >= 15 is 0 Å². The van der Waals surface area contributed by atoms with Crippen molar-refractivity contribution in [3.8, 4) is 0 Å². The van der Waals surface area contributed by atoms with Crippen LogP contribution >= 0.6 is 0 Å². The van der Waals surface area contributed by atoms with E-state index in [1.54, 1.807) is 6.08 Å². The number of hydrogen-bond donors (Lipinski definition) is 3. The van der Waals surface area contributed by atoms with Crippen LogP contribution in [-0.2, 0) is 9.59 Å². The van der Waals surface area contributed by atoms with Crippen molar-refractivity contribution in [1.29, 1.82) is 0 Å². The Balaban J connectivity index is 2.90. The lowest BCUT2D eigenvalue weighted by atomic mass is 9.91. The first-order valence-electron chi connectivity index (χ1n) is 4.28. The lowest BCUT2D eigenvalue weighted by Gasteiger charge is -2.29. The van der Waals surface area contributed by atoms with Crippen LogP contribution in [0.5, 0.6) is 0 Å². The van der Waals surface area contributed by atoms with Crippen molar-refractivity contribution in [2.75, 3.05) is 0 Å². The molecule has 0 aromatic rings. The Labute approximate surface area is 81.8 Å². The molecule has 1 aliphatic rings. The van der Waals surface area contributed by atoms with Gasteiger partial charge in [0.15, 0.2) is 0 Å². The highest BCUT2D eigenvalue weighted by molar-refractivity contribution is 5.96. The zero-order chi connectivity index (χ0) is 10.8. The Bertz CT molecular complexity index is 333. The fourth-order valence-corrected chi connectivity index (χ4v) is 1.24. The summed E-state index contributed by atoms with van der Waals surface area (Å²) in [6.45, 7) is 1.82. The monoisotopic (exact) mass is 195 g/mol. The van der Waals surface area contributed by atoms with Gasteiger partial charge in [0.05, 0.1) is 5.57 Å². The SMILES string of the molecule is CCC1(C(N)=O)C=CC(C(N)=O)=CN1. The highest BCUT2D eigenvalue weighted by Crippen LogP contribution is 2.17. The van der Waals surface area contributed by atoms with Gasteiger partial charge in [-0.15, -0.1) is 0 Å². The van der Waals surface area contributed by atoms with E-state index < -0.39 is 17.4 Å². The number of hydrogen-bond acceptors (Lipinski definition) is 3. The largest absolute Gasteiger partial charge is 0.373 e. The van der Waals surface area contributed by atoms with E-state index in [0.29, 0.717) is 12.0 Å². The molecule has 0 spiro atoms. The number of dihydropyridines is 1. The Hall–Kier alpha value is -1.78. The van der Waals surface area contributed by atoms with Gasteiger partial charge in [0, 0.05) is 6.20 Å². The van der Waals surface area contributed by atoms with Gasteiger partial charge in [0.1, 0.15) is 5.54 Å². The van der Waals surface area contributed by atoms with E-state index in [2.05, 4.69) is 5.32 Å². The molecule has 0 saturated carbocycles. The van der Waals surface area contributed by atoms with Gasteiger partial charge in [0.25, 0.3) is 0 Å². The summed E-state index contributed by atoms with van der Waals surface area (Å²) in [5.74, 6) is -1.01. The molecule has 5 N–H and O–H groups in total. The number of rotatable bonds is 3. The van der Waals surface area contributed by atoms with Crippen LogP contribution in [0, 0.1) is 0 Å². The minimum atomic E-state index is -0.890. The molecule has 76 valence electrons. The Kier molecular flexibility index (Phi) is 2.60. The van der Waals surface area contributed by atoms with E-state index in [9.17, 15) is 9.59 Å². The van der Waals surface area contributed by atoms with Crippen LogP contribution < -0.4 is 16.8 Å². The number of carbonyl (C=O) groups is 2. The van der Waals surface area contributed by atoms with Crippen LogP contribution in [-0.4, -0.2) is 17.4 Å². The maximum absolute atomic E-state index is 11.1. The van der Waals surface area contributed by atoms with Gasteiger partial charge in [-0.3, -0.25) is 9.59 Å². The minimum Gasteiger partial charge on any atom is -0.373 e. The van der Waals surface area contributed by atoms with Gasteiger partial charge < -0.3 is 16.8 Å². The van der Waals surface area contributed by atoms with Crippen LogP contribution in [0.15, 0.2) is 23.9 Å². The third-order valence-electron chi connectivity index (χ3n) is 2.31. The summed E-state index contributed by atoms with van der Waals surface area (Å²) in [6.07, 6.45) is 5.00. The Morgan fingerprint density at radius 2 is 2.14 bits per heavy atom. The smallest absolute Gasteiger partial charge is 0.250 e. The number of nitrogens with two attached hydrogens (primary N) is 2. The molecule has 1 aliphatic heterocycles. The van der Waals surface area contributed by atoms with E-state index in [0.717, 1.165) is 0 Å². The average molecular weight is 195 g/mol. The van der Waals surface area contributed by atoms with Gasteiger partial charge in [0.2, 0.25) is 11.8 Å². The van der Waals surface area contributed by atoms with Crippen LogP contribution in [0.4, 0.5) is 0 Å². The predicted molar refractivity (Wildman–Crippen MR) is 51.8 cm³/mol. The van der Waals surface area contributed by atoms with E-state index in [1.807, 2.05) is 6.92 Å². The van der Waals surface area contributed by atoms with Gasteiger partial charge in [-0.25, -0.2) is 0 Å². The maximum atomic E-state index is 11.1. The predicted octanol–water partition coefficient (Wildman–Crippen LogP) is -0.851. The molecule has 0 fully saturated rings. The van der Waals surface area contributed by atoms with E-state index in [-0.39, 0.29) is 0 Å². The molecule has 14 heavy (non-hydrogen) atoms. The fraction of sp³-hybridized carbons (Fsp3) is 0.333. The molecular weight excluding hydrogens is 182 g/mol. The number of primary amides is 2. The molecule has 0 aromatic carbocycles. The van der Waals surface area contributed by atoms with Crippen molar-refractivity contribution >= 4 is 11.8 Å². The third-order valence-corrected chi connectivity index (χ3v) is 2.31. The molecule has 1 atom stereocenters. The first-order valence-corrected chi connectivity index (χ1v) is 4.28. The summed E-state index contributed by atoms with van der Waals surface area (Å²) in [4.78, 5) is 21.9. The second kappa shape index (κ2) is 3.53. The van der Waals surface area contributed by atoms with Gasteiger partial charge in [-0.05, 0) is 18.6 Å². The zero-order valence-corrected chi connectivity index (χ0v) is 7.91. The molecule has 1 rings (SSSR count). The molecule has 1 heterocycles. The van der Waals surface area contributed by atoms with E-state index in [4.69, 9.17) is 11.5 Å². The molecule has 1 unspecified atom stereocenters. The molecule has 0 aromatic heterocycles. The summed E-state index contributed by atoms with van der Waals surface area (Å²) in [6, 6.07) is 0. The number of carbonyl (C=O) groups excluding carboxylic acids is 2. The molecule has 5 nitrogen and oxygen atoms in total. The van der Waals surface area contributed by atoms with Gasteiger partial charge >= 0.3 is 0 Å². The quantitative estimate of drug-likeness (QED) is 0.547. The summed E-state index contributed by atoms with van der Waals surface area (Å²) >= 11 is 0. The molecule has 2 amide bonds. The van der Waals surface area contributed by atoms with Crippen molar-refractivity contribution < 1.29 is 9.59 Å².